The van der Waals surface area contributed by atoms with Gasteiger partial charge in [0.1, 0.15) is 12.4 Å². The number of nitrogens with zero attached hydrogens (tertiary/aromatic N) is 2. The quantitative estimate of drug-likeness (QED) is 0.438. The summed E-state index contributed by atoms with van der Waals surface area (Å²) < 4.78 is 24.2. The highest BCUT2D eigenvalue weighted by molar-refractivity contribution is 5.82. The number of aryl methyl sites for hydroxylation is 1. The number of carbonyl (C=O) groups is 1. The Hall–Kier alpha value is -3.79. The summed E-state index contributed by atoms with van der Waals surface area (Å²) in [6.07, 6.45) is -0.908. The van der Waals surface area contributed by atoms with Crippen LogP contribution in [0.25, 0.3) is 10.9 Å². The Morgan fingerprint density at radius 1 is 1.03 bits per heavy atom. The van der Waals surface area contributed by atoms with E-state index in [1.807, 2.05) is 0 Å². The molecule has 0 saturated heterocycles. The SMILES string of the molecule is COc1cc2c(=O)n(CCOc3ccc(CC(OC(C)C)C(=O)O)cc3)c(=O)n(C)c2cc1OC. The van der Waals surface area contributed by atoms with Gasteiger partial charge in [-0.15, -0.1) is 0 Å². The molecule has 10 nitrogen and oxygen atoms in total. The highest BCUT2D eigenvalue weighted by atomic mass is 16.5. The van der Waals surface area contributed by atoms with Gasteiger partial charge in [0.05, 0.1) is 37.8 Å². The van der Waals surface area contributed by atoms with Crippen LogP contribution in [0.1, 0.15) is 19.4 Å². The Morgan fingerprint density at radius 2 is 1.66 bits per heavy atom. The molecule has 3 rings (SSSR count). The third-order valence-corrected chi connectivity index (χ3v) is 5.50. The smallest absolute Gasteiger partial charge is 0.333 e. The van der Waals surface area contributed by atoms with Crippen LogP contribution in [0.2, 0.25) is 0 Å². The molecule has 0 aliphatic heterocycles. The molecule has 10 heteroatoms. The minimum Gasteiger partial charge on any atom is -0.493 e. The molecule has 1 N–H and O–H groups in total. The van der Waals surface area contributed by atoms with Gasteiger partial charge in [-0.05, 0) is 37.6 Å². The molecule has 0 aliphatic rings. The van der Waals surface area contributed by atoms with Crippen molar-refractivity contribution in [3.05, 3.63) is 62.8 Å². The van der Waals surface area contributed by atoms with Crippen molar-refractivity contribution < 1.29 is 28.8 Å². The van der Waals surface area contributed by atoms with Crippen LogP contribution in [-0.4, -0.2) is 53.2 Å². The number of hydrogen-bond acceptors (Lipinski definition) is 7. The van der Waals surface area contributed by atoms with Gasteiger partial charge < -0.3 is 24.1 Å². The van der Waals surface area contributed by atoms with Crippen molar-refractivity contribution in [2.75, 3.05) is 20.8 Å². The van der Waals surface area contributed by atoms with Gasteiger partial charge in [0, 0.05) is 19.5 Å². The van der Waals surface area contributed by atoms with Gasteiger partial charge >= 0.3 is 11.7 Å². The highest BCUT2D eigenvalue weighted by Crippen LogP contribution is 2.30. The fraction of sp³-hybridized carbons (Fsp3) is 0.400. The first-order chi connectivity index (χ1) is 16.7. The zero-order valence-electron chi connectivity index (χ0n) is 20.4. The van der Waals surface area contributed by atoms with E-state index in [-0.39, 0.29) is 25.7 Å². The zero-order chi connectivity index (χ0) is 25.7. The Labute approximate surface area is 202 Å². The molecule has 0 radical (unpaired) electrons. The van der Waals surface area contributed by atoms with Crippen molar-refractivity contribution in [3.8, 4) is 17.2 Å². The number of methoxy groups -OCH3 is 2. The molecule has 0 bridgehead atoms. The van der Waals surface area contributed by atoms with E-state index in [0.29, 0.717) is 28.2 Å². The molecule has 1 atom stereocenters. The molecule has 0 amide bonds. The second-order valence-electron chi connectivity index (χ2n) is 8.23. The standard InChI is InChI=1S/C25H30N2O8/c1-15(2)35-22(24(29)30)12-16-6-8-17(9-7-16)34-11-10-27-23(28)18-13-20(32-4)21(33-5)14-19(18)26(3)25(27)31/h6-9,13-15,22H,10-12H2,1-5H3,(H,29,30). The van der Waals surface area contributed by atoms with Crippen LogP contribution in [0.3, 0.4) is 0 Å². The van der Waals surface area contributed by atoms with E-state index in [1.165, 1.54) is 18.8 Å². The van der Waals surface area contributed by atoms with E-state index in [0.717, 1.165) is 10.1 Å². The predicted octanol–water partition coefficient (Wildman–Crippen LogP) is 2.22. The lowest BCUT2D eigenvalue weighted by Gasteiger charge is -2.16. The third kappa shape index (κ3) is 5.83. The van der Waals surface area contributed by atoms with E-state index in [9.17, 15) is 19.5 Å². The van der Waals surface area contributed by atoms with Crippen molar-refractivity contribution in [1.82, 2.24) is 9.13 Å². The molecule has 3 aromatic rings. The zero-order valence-corrected chi connectivity index (χ0v) is 20.4. The Balaban J connectivity index is 1.74. The first-order valence-corrected chi connectivity index (χ1v) is 11.1. The summed E-state index contributed by atoms with van der Waals surface area (Å²) in [6.45, 7) is 3.70. The van der Waals surface area contributed by atoms with Gasteiger partial charge in [-0.1, -0.05) is 12.1 Å². The van der Waals surface area contributed by atoms with Gasteiger partial charge in [0.25, 0.3) is 5.56 Å². The van der Waals surface area contributed by atoms with E-state index < -0.39 is 23.3 Å². The number of benzene rings is 2. The second-order valence-corrected chi connectivity index (χ2v) is 8.23. The van der Waals surface area contributed by atoms with Gasteiger partial charge in [-0.2, -0.15) is 0 Å². The first-order valence-electron chi connectivity index (χ1n) is 11.1. The van der Waals surface area contributed by atoms with Crippen molar-refractivity contribution in [1.29, 1.82) is 0 Å². The number of fused-ring (bicyclic) bond motifs is 1. The molecule has 1 aromatic heterocycles. The number of aromatic nitrogens is 2. The number of rotatable bonds is 11. The number of carboxylic acids is 1. The normalized spacial score (nSPS) is 12.1. The predicted molar refractivity (Wildman–Crippen MR) is 130 cm³/mol. The average molecular weight is 487 g/mol. The molecule has 2 aromatic carbocycles. The van der Waals surface area contributed by atoms with Crippen LogP contribution < -0.4 is 25.5 Å². The monoisotopic (exact) mass is 486 g/mol. The van der Waals surface area contributed by atoms with Gasteiger partial charge in [0.15, 0.2) is 17.6 Å². The summed E-state index contributed by atoms with van der Waals surface area (Å²) in [5.74, 6) is 0.326. The molecular formula is C25H30N2O8. The summed E-state index contributed by atoms with van der Waals surface area (Å²) >= 11 is 0. The molecule has 1 unspecified atom stereocenters. The maximum absolute atomic E-state index is 13.0. The lowest BCUT2D eigenvalue weighted by Crippen LogP contribution is -2.40. The van der Waals surface area contributed by atoms with Crippen LogP contribution in [-0.2, 0) is 29.5 Å². The highest BCUT2D eigenvalue weighted by Gasteiger charge is 2.20. The lowest BCUT2D eigenvalue weighted by molar-refractivity contribution is -0.153. The fourth-order valence-electron chi connectivity index (χ4n) is 3.74. The molecule has 188 valence electrons. The van der Waals surface area contributed by atoms with Crippen molar-refractivity contribution in [2.24, 2.45) is 7.05 Å². The van der Waals surface area contributed by atoms with Crippen LogP contribution in [0, 0.1) is 0 Å². The summed E-state index contributed by atoms with van der Waals surface area (Å²) in [7, 11) is 4.54. The first kappa shape index (κ1) is 25.8. The lowest BCUT2D eigenvalue weighted by atomic mass is 10.1. The van der Waals surface area contributed by atoms with Crippen LogP contribution in [0.5, 0.6) is 17.2 Å². The van der Waals surface area contributed by atoms with Gasteiger partial charge in [-0.25, -0.2) is 9.59 Å². The molecule has 0 aliphatic carbocycles. The summed E-state index contributed by atoms with van der Waals surface area (Å²) in [4.78, 5) is 37.2. The fourth-order valence-corrected chi connectivity index (χ4v) is 3.74. The molecule has 0 saturated carbocycles. The van der Waals surface area contributed by atoms with E-state index in [2.05, 4.69) is 0 Å². The number of hydrogen-bond donors (Lipinski definition) is 1. The molecular weight excluding hydrogens is 456 g/mol. The number of carboxylic acid groups (broad SMARTS) is 1. The minimum atomic E-state index is -1.02. The van der Waals surface area contributed by atoms with Crippen molar-refractivity contribution in [3.63, 3.8) is 0 Å². The summed E-state index contributed by atoms with van der Waals surface area (Å²) in [5, 5.41) is 9.65. The Morgan fingerprint density at radius 3 is 2.23 bits per heavy atom. The summed E-state index contributed by atoms with van der Waals surface area (Å²) in [5.41, 5.74) is 0.298. The average Bonchev–Trinajstić information content (AvgIpc) is 2.84. The van der Waals surface area contributed by atoms with Crippen molar-refractivity contribution >= 4 is 16.9 Å². The van der Waals surface area contributed by atoms with Crippen molar-refractivity contribution in [2.45, 2.75) is 39.0 Å². The van der Waals surface area contributed by atoms with Crippen LogP contribution >= 0.6 is 0 Å². The second kappa shape index (κ2) is 11.1. The van der Waals surface area contributed by atoms with Gasteiger partial charge in [0.2, 0.25) is 0 Å². The summed E-state index contributed by atoms with van der Waals surface area (Å²) in [6, 6.07) is 10.1. The van der Waals surface area contributed by atoms with E-state index in [4.69, 9.17) is 18.9 Å². The maximum atomic E-state index is 13.0. The van der Waals surface area contributed by atoms with Gasteiger partial charge in [-0.3, -0.25) is 13.9 Å². The number of aliphatic carboxylic acids is 1. The molecule has 35 heavy (non-hydrogen) atoms. The van der Waals surface area contributed by atoms with E-state index in [1.54, 1.807) is 57.3 Å². The van der Waals surface area contributed by atoms with E-state index >= 15 is 0 Å². The topological polar surface area (TPSA) is 118 Å². The Kier molecular flexibility index (Phi) is 8.18. The number of ether oxygens (including phenoxy) is 4. The largest absolute Gasteiger partial charge is 0.493 e. The molecule has 0 spiro atoms. The van der Waals surface area contributed by atoms with Crippen LogP contribution in [0.4, 0.5) is 0 Å². The van der Waals surface area contributed by atoms with Crippen LogP contribution in [0.15, 0.2) is 46.0 Å². The molecule has 1 heterocycles. The minimum absolute atomic E-state index is 0.0425. The molecule has 0 fully saturated rings. The Bertz CT molecular complexity index is 1310. The maximum Gasteiger partial charge on any atom is 0.333 e. The third-order valence-electron chi connectivity index (χ3n) is 5.50.